The molecule has 0 aliphatic carbocycles. The van der Waals surface area contributed by atoms with Gasteiger partial charge in [0, 0.05) is 32.1 Å². The van der Waals surface area contributed by atoms with Crippen LogP contribution in [-0.2, 0) is 9.53 Å². The number of nitrogens with zero attached hydrogens (tertiary/aromatic N) is 2. The van der Waals surface area contributed by atoms with Crippen molar-refractivity contribution in [3.05, 3.63) is 23.7 Å². The topological polar surface area (TPSA) is 63.0 Å². The number of fused-ring (bicyclic) bond motifs is 1. The third-order valence-electron chi connectivity index (χ3n) is 4.33. The van der Waals surface area contributed by atoms with Crippen LogP contribution in [0.3, 0.4) is 0 Å². The number of carbonyl (C=O) groups is 2. The average molecular weight is 292 g/mol. The van der Waals surface area contributed by atoms with Gasteiger partial charge in [-0.2, -0.15) is 0 Å². The van der Waals surface area contributed by atoms with Crippen LogP contribution in [-0.4, -0.2) is 60.0 Å². The molecular formula is C15H20N2O4. The van der Waals surface area contributed by atoms with E-state index in [2.05, 4.69) is 0 Å². The van der Waals surface area contributed by atoms with E-state index in [4.69, 9.17) is 9.15 Å². The molecule has 2 amide bonds. The summed E-state index contributed by atoms with van der Waals surface area (Å²) in [6, 6.07) is 1.73. The minimum Gasteiger partial charge on any atom is -0.459 e. The highest BCUT2D eigenvalue weighted by Crippen LogP contribution is 2.25. The van der Waals surface area contributed by atoms with Gasteiger partial charge in [-0.15, -0.1) is 0 Å². The maximum absolute atomic E-state index is 12.5. The molecule has 0 aromatic carbocycles. The maximum Gasteiger partial charge on any atom is 0.289 e. The van der Waals surface area contributed by atoms with E-state index >= 15 is 0 Å². The largest absolute Gasteiger partial charge is 0.459 e. The average Bonchev–Trinajstić information content (AvgIpc) is 2.91. The third-order valence-corrected chi connectivity index (χ3v) is 4.33. The lowest BCUT2D eigenvalue weighted by molar-refractivity contribution is -0.149. The van der Waals surface area contributed by atoms with E-state index in [9.17, 15) is 9.59 Å². The minimum absolute atomic E-state index is 0.0318. The fourth-order valence-corrected chi connectivity index (χ4v) is 3.18. The van der Waals surface area contributed by atoms with Gasteiger partial charge in [0.25, 0.3) is 5.91 Å². The lowest BCUT2D eigenvalue weighted by Crippen LogP contribution is -2.61. The van der Waals surface area contributed by atoms with Crippen molar-refractivity contribution in [2.24, 2.45) is 0 Å². The summed E-state index contributed by atoms with van der Waals surface area (Å²) in [6.45, 7) is 5.73. The fourth-order valence-electron chi connectivity index (χ4n) is 3.18. The van der Waals surface area contributed by atoms with E-state index in [1.54, 1.807) is 17.9 Å². The van der Waals surface area contributed by atoms with Gasteiger partial charge in [-0.05, 0) is 19.4 Å². The molecule has 1 aromatic rings. The van der Waals surface area contributed by atoms with Crippen molar-refractivity contribution in [3.8, 4) is 0 Å². The van der Waals surface area contributed by atoms with Gasteiger partial charge in [0.05, 0.1) is 25.0 Å². The molecule has 1 aromatic heterocycles. The second kappa shape index (κ2) is 5.52. The van der Waals surface area contributed by atoms with E-state index < -0.39 is 0 Å². The molecule has 2 aliphatic heterocycles. The van der Waals surface area contributed by atoms with Crippen LogP contribution in [0.25, 0.3) is 0 Å². The molecule has 0 N–H and O–H groups in total. The number of aryl methyl sites for hydroxylation is 1. The molecule has 0 saturated carbocycles. The summed E-state index contributed by atoms with van der Waals surface area (Å²) in [4.78, 5) is 27.9. The van der Waals surface area contributed by atoms with Crippen molar-refractivity contribution in [1.82, 2.24) is 9.80 Å². The first-order chi connectivity index (χ1) is 10.1. The van der Waals surface area contributed by atoms with Crippen molar-refractivity contribution < 1.29 is 18.7 Å². The Morgan fingerprint density at radius 1 is 1.33 bits per heavy atom. The van der Waals surface area contributed by atoms with Crippen LogP contribution in [0, 0.1) is 6.92 Å². The van der Waals surface area contributed by atoms with Gasteiger partial charge in [-0.25, -0.2) is 0 Å². The van der Waals surface area contributed by atoms with Crippen LogP contribution in [0.5, 0.6) is 0 Å². The summed E-state index contributed by atoms with van der Waals surface area (Å²) >= 11 is 0. The van der Waals surface area contributed by atoms with Gasteiger partial charge >= 0.3 is 0 Å². The predicted octanol–water partition coefficient (Wildman–Crippen LogP) is 1.05. The second-order valence-electron chi connectivity index (χ2n) is 5.66. The molecule has 3 heterocycles. The molecule has 114 valence electrons. The number of piperidine rings is 1. The minimum atomic E-state index is -0.106. The maximum atomic E-state index is 12.5. The van der Waals surface area contributed by atoms with Gasteiger partial charge in [0.15, 0.2) is 5.76 Å². The summed E-state index contributed by atoms with van der Waals surface area (Å²) in [7, 11) is 0. The van der Waals surface area contributed by atoms with Gasteiger partial charge < -0.3 is 19.0 Å². The Bertz CT molecular complexity index is 554. The van der Waals surface area contributed by atoms with Crippen molar-refractivity contribution in [2.75, 3.05) is 26.2 Å². The SMILES string of the molecule is CC(=O)N1CCO[C@@H]2CCN(C(=O)c3occc3C)C[C@H]21. The first-order valence-electron chi connectivity index (χ1n) is 7.30. The number of hydrogen-bond acceptors (Lipinski definition) is 4. The predicted molar refractivity (Wildman–Crippen MR) is 74.9 cm³/mol. The number of furan rings is 1. The number of morpholine rings is 1. The number of amides is 2. The van der Waals surface area contributed by atoms with Gasteiger partial charge in [0.2, 0.25) is 5.91 Å². The Morgan fingerprint density at radius 3 is 2.81 bits per heavy atom. The Balaban J connectivity index is 1.76. The van der Waals surface area contributed by atoms with E-state index in [0.717, 1.165) is 12.0 Å². The highest BCUT2D eigenvalue weighted by Gasteiger charge is 2.40. The van der Waals surface area contributed by atoms with Crippen LogP contribution < -0.4 is 0 Å². The van der Waals surface area contributed by atoms with Crippen molar-refractivity contribution >= 4 is 11.8 Å². The Labute approximate surface area is 123 Å². The first-order valence-corrected chi connectivity index (χ1v) is 7.30. The van der Waals surface area contributed by atoms with E-state index in [1.807, 2.05) is 11.8 Å². The summed E-state index contributed by atoms with van der Waals surface area (Å²) in [6.07, 6.45) is 2.31. The molecule has 6 heteroatoms. The summed E-state index contributed by atoms with van der Waals surface area (Å²) in [5.41, 5.74) is 0.838. The van der Waals surface area contributed by atoms with Crippen molar-refractivity contribution in [2.45, 2.75) is 32.4 Å². The van der Waals surface area contributed by atoms with Gasteiger partial charge in [0.1, 0.15) is 0 Å². The molecule has 2 saturated heterocycles. The van der Waals surface area contributed by atoms with E-state index in [0.29, 0.717) is 32.0 Å². The van der Waals surface area contributed by atoms with E-state index in [-0.39, 0.29) is 24.0 Å². The molecule has 2 aliphatic rings. The summed E-state index contributed by atoms with van der Waals surface area (Å²) in [5.74, 6) is 0.321. The molecule has 6 nitrogen and oxygen atoms in total. The van der Waals surface area contributed by atoms with Crippen molar-refractivity contribution in [3.63, 3.8) is 0 Å². The summed E-state index contributed by atoms with van der Waals surface area (Å²) < 4.78 is 11.0. The summed E-state index contributed by atoms with van der Waals surface area (Å²) in [5, 5.41) is 0. The number of ether oxygens (including phenoxy) is 1. The number of carbonyl (C=O) groups excluding carboxylic acids is 2. The Kier molecular flexibility index (Phi) is 3.71. The smallest absolute Gasteiger partial charge is 0.289 e. The second-order valence-corrected chi connectivity index (χ2v) is 5.66. The molecule has 2 atom stereocenters. The molecule has 0 spiro atoms. The van der Waals surface area contributed by atoms with Crippen molar-refractivity contribution in [1.29, 1.82) is 0 Å². The Hall–Kier alpha value is -1.82. The zero-order chi connectivity index (χ0) is 15.0. The molecule has 0 bridgehead atoms. The monoisotopic (exact) mass is 292 g/mol. The molecule has 3 rings (SSSR count). The van der Waals surface area contributed by atoms with Crippen LogP contribution >= 0.6 is 0 Å². The van der Waals surface area contributed by atoms with E-state index in [1.165, 1.54) is 6.26 Å². The quantitative estimate of drug-likeness (QED) is 0.776. The van der Waals surface area contributed by atoms with Crippen LogP contribution in [0.2, 0.25) is 0 Å². The van der Waals surface area contributed by atoms with Crippen LogP contribution in [0.1, 0.15) is 29.5 Å². The molecular weight excluding hydrogens is 272 g/mol. The normalized spacial score (nSPS) is 25.6. The van der Waals surface area contributed by atoms with Gasteiger partial charge in [-0.3, -0.25) is 9.59 Å². The number of likely N-dealkylation sites (tertiary alicyclic amines) is 1. The lowest BCUT2D eigenvalue weighted by atomic mass is 9.98. The molecule has 0 radical (unpaired) electrons. The number of rotatable bonds is 1. The van der Waals surface area contributed by atoms with Crippen LogP contribution in [0.15, 0.2) is 16.7 Å². The highest BCUT2D eigenvalue weighted by molar-refractivity contribution is 5.93. The van der Waals surface area contributed by atoms with Crippen LogP contribution in [0.4, 0.5) is 0 Å². The molecule has 21 heavy (non-hydrogen) atoms. The zero-order valence-corrected chi connectivity index (χ0v) is 12.4. The number of hydrogen-bond donors (Lipinski definition) is 0. The Morgan fingerprint density at radius 2 is 2.14 bits per heavy atom. The van der Waals surface area contributed by atoms with Gasteiger partial charge in [-0.1, -0.05) is 0 Å². The first kappa shape index (κ1) is 14.1. The fraction of sp³-hybridized carbons (Fsp3) is 0.600. The lowest BCUT2D eigenvalue weighted by Gasteiger charge is -2.46. The third kappa shape index (κ3) is 2.55. The zero-order valence-electron chi connectivity index (χ0n) is 12.4. The highest BCUT2D eigenvalue weighted by atomic mass is 16.5. The standard InChI is InChI=1S/C15H20N2O4/c1-10-4-7-21-14(10)15(19)16-5-3-13-12(9-16)17(11(2)18)6-8-20-13/h4,7,12-13H,3,5-6,8-9H2,1-2H3/t12-,13-/m1/s1. The molecule has 0 unspecified atom stereocenters. The molecule has 2 fully saturated rings.